The Labute approximate surface area is 174 Å². The highest BCUT2D eigenvalue weighted by Crippen LogP contribution is 2.48. The maximum absolute atomic E-state index is 12.9. The van der Waals surface area contributed by atoms with Crippen LogP contribution in [0, 0.1) is 0 Å². The van der Waals surface area contributed by atoms with Crippen molar-refractivity contribution in [2.75, 3.05) is 6.61 Å². The molecule has 1 heterocycles. The van der Waals surface area contributed by atoms with Gasteiger partial charge in [-0.3, -0.25) is 14.4 Å². The third kappa shape index (κ3) is 3.51. The first-order valence-corrected chi connectivity index (χ1v) is 9.50. The Balaban J connectivity index is 2.31. The highest BCUT2D eigenvalue weighted by Gasteiger charge is 2.36. The Bertz CT molecular complexity index is 1120. The van der Waals surface area contributed by atoms with Crippen molar-refractivity contribution in [3.05, 3.63) is 57.8 Å². The molecule has 0 aliphatic heterocycles. The Kier molecular flexibility index (Phi) is 5.74. The van der Waals surface area contributed by atoms with E-state index < -0.39 is 35.0 Å². The zero-order chi connectivity index (χ0) is 21.3. The molecule has 3 rings (SSSR count). The van der Waals surface area contributed by atoms with Gasteiger partial charge in [-0.1, -0.05) is 30.3 Å². The van der Waals surface area contributed by atoms with Gasteiger partial charge in [0.2, 0.25) is 0 Å². The van der Waals surface area contributed by atoms with Crippen LogP contribution in [0.25, 0.3) is 11.0 Å². The molecule has 0 saturated carbocycles. The number of ketones is 2. The number of rotatable bonds is 6. The van der Waals surface area contributed by atoms with Crippen LogP contribution >= 0.6 is 15.9 Å². The molecule has 0 spiro atoms. The number of hydrogen-bond acceptors (Lipinski definition) is 7. The molecule has 0 fully saturated rings. The summed E-state index contributed by atoms with van der Waals surface area (Å²) in [6.07, 6.45) is 1.12. The molecule has 7 nitrogen and oxygen atoms in total. The van der Waals surface area contributed by atoms with Crippen molar-refractivity contribution in [1.82, 2.24) is 0 Å². The number of carbonyl (C=O) groups excluding carboxylic acids is 3. The number of hydrogen-bond donors (Lipinski definition) is 2. The molecule has 0 saturated heterocycles. The van der Waals surface area contributed by atoms with E-state index in [1.807, 2.05) is 0 Å². The summed E-state index contributed by atoms with van der Waals surface area (Å²) in [5, 5.41) is 20.8. The number of halogens is 1. The quantitative estimate of drug-likeness (QED) is 0.246. The molecule has 2 N–H and O–H groups in total. The van der Waals surface area contributed by atoms with Crippen LogP contribution in [0.5, 0.6) is 11.5 Å². The molecule has 8 heteroatoms. The van der Waals surface area contributed by atoms with Crippen LogP contribution in [0.15, 0.2) is 45.5 Å². The molecule has 29 heavy (non-hydrogen) atoms. The number of furan rings is 1. The zero-order valence-corrected chi connectivity index (χ0v) is 17.1. The highest BCUT2D eigenvalue weighted by molar-refractivity contribution is 9.10. The van der Waals surface area contributed by atoms with Gasteiger partial charge in [-0.2, -0.15) is 0 Å². The van der Waals surface area contributed by atoms with Gasteiger partial charge in [0.15, 0.2) is 17.3 Å². The predicted molar refractivity (Wildman–Crippen MR) is 107 cm³/mol. The Hall–Kier alpha value is -3.13. The largest absolute Gasteiger partial charge is 0.504 e. The van der Waals surface area contributed by atoms with Crippen LogP contribution in [-0.2, 0) is 14.3 Å². The second-order valence-corrected chi connectivity index (χ2v) is 7.06. The van der Waals surface area contributed by atoms with E-state index in [2.05, 4.69) is 15.9 Å². The molecule has 150 valence electrons. The average Bonchev–Trinajstić information content (AvgIpc) is 3.14. The molecule has 1 aromatic heterocycles. The summed E-state index contributed by atoms with van der Waals surface area (Å²) in [6, 6.07) is 8.30. The number of benzene rings is 2. The minimum Gasteiger partial charge on any atom is -0.504 e. The molecule has 1 atom stereocenters. The van der Waals surface area contributed by atoms with Gasteiger partial charge < -0.3 is 19.4 Å². The van der Waals surface area contributed by atoms with E-state index in [1.165, 1.54) is 6.92 Å². The monoisotopic (exact) mass is 460 g/mol. The molecule has 0 bridgehead atoms. The standard InChI is InChI=1S/C21H17BrO7/c1-3-28-21(27)13(10(2)23)15-16(22)19(26)18(25)14-12(9-29-20(14)15)17(24)11-7-5-4-6-8-11/h4-9,13,25-26H,3H2,1-2H3. The van der Waals surface area contributed by atoms with E-state index >= 15 is 0 Å². The minimum atomic E-state index is -1.41. The van der Waals surface area contributed by atoms with Crippen LogP contribution < -0.4 is 0 Å². The van der Waals surface area contributed by atoms with E-state index in [1.54, 1.807) is 37.3 Å². The lowest BCUT2D eigenvalue weighted by atomic mass is 9.91. The number of phenolic OH excluding ortho intramolecular Hbond substituents is 2. The smallest absolute Gasteiger partial charge is 0.321 e. The van der Waals surface area contributed by atoms with Gasteiger partial charge >= 0.3 is 5.97 Å². The summed E-state index contributed by atoms with van der Waals surface area (Å²) in [5.74, 6) is -4.48. The van der Waals surface area contributed by atoms with Crippen molar-refractivity contribution in [2.45, 2.75) is 19.8 Å². The normalized spacial score (nSPS) is 12.0. The number of phenols is 2. The number of fused-ring (bicyclic) bond motifs is 1. The molecule has 1 unspecified atom stereocenters. The highest BCUT2D eigenvalue weighted by atomic mass is 79.9. The second kappa shape index (κ2) is 8.08. The summed E-state index contributed by atoms with van der Waals surface area (Å²) in [6.45, 7) is 2.84. The van der Waals surface area contributed by atoms with Crippen molar-refractivity contribution in [3.63, 3.8) is 0 Å². The fourth-order valence-electron chi connectivity index (χ4n) is 3.12. The van der Waals surface area contributed by atoms with Gasteiger partial charge in [-0.25, -0.2) is 0 Å². The van der Waals surface area contributed by atoms with Gasteiger partial charge in [-0.15, -0.1) is 0 Å². The van der Waals surface area contributed by atoms with Crippen molar-refractivity contribution in [3.8, 4) is 11.5 Å². The Morgan fingerprint density at radius 1 is 1.14 bits per heavy atom. The zero-order valence-electron chi connectivity index (χ0n) is 15.6. The lowest BCUT2D eigenvalue weighted by Gasteiger charge is -2.17. The summed E-state index contributed by atoms with van der Waals surface area (Å²) >= 11 is 3.12. The van der Waals surface area contributed by atoms with Crippen molar-refractivity contribution in [1.29, 1.82) is 0 Å². The number of esters is 1. The molecule has 2 aromatic carbocycles. The van der Waals surface area contributed by atoms with E-state index in [0.717, 1.165) is 6.26 Å². The first kappa shape index (κ1) is 20.6. The van der Waals surface area contributed by atoms with E-state index in [-0.39, 0.29) is 33.2 Å². The maximum atomic E-state index is 12.9. The number of ether oxygens (including phenoxy) is 1. The molecular formula is C21H17BrO7. The molecule has 0 radical (unpaired) electrons. The molecule has 0 aliphatic carbocycles. The van der Waals surface area contributed by atoms with Crippen molar-refractivity contribution < 1.29 is 33.8 Å². The predicted octanol–water partition coefficient (Wildman–Crippen LogP) is 4.07. The lowest BCUT2D eigenvalue weighted by molar-refractivity contribution is -0.147. The van der Waals surface area contributed by atoms with Gasteiger partial charge in [0, 0.05) is 11.1 Å². The van der Waals surface area contributed by atoms with E-state index in [9.17, 15) is 24.6 Å². The fraction of sp³-hybridized carbons (Fsp3) is 0.190. The minimum absolute atomic E-state index is 0.0149. The Morgan fingerprint density at radius 3 is 2.38 bits per heavy atom. The number of carbonyl (C=O) groups is 3. The van der Waals surface area contributed by atoms with E-state index in [4.69, 9.17) is 9.15 Å². The average molecular weight is 461 g/mol. The third-order valence-electron chi connectivity index (χ3n) is 4.44. The Morgan fingerprint density at radius 2 is 1.79 bits per heavy atom. The SMILES string of the molecule is CCOC(=O)C(C(C)=O)c1c(Br)c(O)c(O)c2c(C(=O)c3ccccc3)coc12. The molecular weight excluding hydrogens is 444 g/mol. The molecule has 0 amide bonds. The molecule has 0 aliphatic rings. The van der Waals surface area contributed by atoms with E-state index in [0.29, 0.717) is 5.56 Å². The van der Waals surface area contributed by atoms with Gasteiger partial charge in [0.05, 0.1) is 22.0 Å². The summed E-state index contributed by atoms with van der Waals surface area (Å²) in [5.41, 5.74) is 0.235. The third-order valence-corrected chi connectivity index (χ3v) is 5.24. The van der Waals surface area contributed by atoms with Crippen LogP contribution in [-0.4, -0.2) is 34.4 Å². The summed E-state index contributed by atoms with van der Waals surface area (Å²) in [4.78, 5) is 37.6. The van der Waals surface area contributed by atoms with Crippen LogP contribution in [0.3, 0.4) is 0 Å². The van der Waals surface area contributed by atoms with Gasteiger partial charge in [-0.05, 0) is 29.8 Å². The first-order chi connectivity index (χ1) is 13.8. The lowest BCUT2D eigenvalue weighted by Crippen LogP contribution is -2.23. The second-order valence-electron chi connectivity index (χ2n) is 6.27. The topological polar surface area (TPSA) is 114 Å². The maximum Gasteiger partial charge on any atom is 0.321 e. The van der Waals surface area contributed by atoms with Crippen LogP contribution in [0.4, 0.5) is 0 Å². The van der Waals surface area contributed by atoms with Crippen LogP contribution in [0.1, 0.15) is 41.3 Å². The number of Topliss-reactive ketones (excluding diaryl/α,β-unsaturated/α-hetero) is 1. The number of aromatic hydroxyl groups is 2. The van der Waals surface area contributed by atoms with Crippen molar-refractivity contribution in [2.24, 2.45) is 0 Å². The summed E-state index contributed by atoms with van der Waals surface area (Å²) in [7, 11) is 0. The first-order valence-electron chi connectivity index (χ1n) is 8.70. The van der Waals surface area contributed by atoms with Crippen molar-refractivity contribution >= 4 is 44.4 Å². The van der Waals surface area contributed by atoms with Crippen LogP contribution in [0.2, 0.25) is 0 Å². The van der Waals surface area contributed by atoms with Gasteiger partial charge in [0.25, 0.3) is 0 Å². The fourth-order valence-corrected chi connectivity index (χ4v) is 3.72. The van der Waals surface area contributed by atoms with Gasteiger partial charge in [0.1, 0.15) is 23.5 Å². The summed E-state index contributed by atoms with van der Waals surface area (Å²) < 4.78 is 10.4. The molecule has 3 aromatic rings.